The lowest BCUT2D eigenvalue weighted by Crippen LogP contribution is -2.34. The summed E-state index contributed by atoms with van der Waals surface area (Å²) < 4.78 is 17.0. The van der Waals surface area contributed by atoms with Gasteiger partial charge in [0.15, 0.2) is 11.5 Å². The van der Waals surface area contributed by atoms with Gasteiger partial charge in [-0.15, -0.1) is 0 Å². The summed E-state index contributed by atoms with van der Waals surface area (Å²) in [6.07, 6.45) is 1.76. The van der Waals surface area contributed by atoms with Crippen LogP contribution in [0.1, 0.15) is 44.9 Å². The predicted octanol–water partition coefficient (Wildman–Crippen LogP) is 5.15. The number of amides is 1. The number of carbonyl (C=O) groups excluding carboxylic acids is 1. The summed E-state index contributed by atoms with van der Waals surface area (Å²) in [5.74, 6) is 2.99. The van der Waals surface area contributed by atoms with E-state index in [1.165, 1.54) is 0 Å². The first-order valence-electron chi connectivity index (χ1n) is 10.1. The van der Waals surface area contributed by atoms with Crippen LogP contribution in [0.25, 0.3) is 11.5 Å². The first-order valence-corrected chi connectivity index (χ1v) is 10.1. The van der Waals surface area contributed by atoms with E-state index in [0.717, 1.165) is 16.9 Å². The molecular weight excluding hydrogens is 380 g/mol. The Hall–Kier alpha value is -3.28. The summed E-state index contributed by atoms with van der Waals surface area (Å²) in [6.45, 7) is 8.96. The molecule has 0 spiro atoms. The molecule has 1 aliphatic heterocycles. The van der Waals surface area contributed by atoms with Crippen LogP contribution in [0.2, 0.25) is 0 Å². The van der Waals surface area contributed by atoms with Crippen molar-refractivity contribution in [2.24, 2.45) is 0 Å². The van der Waals surface area contributed by atoms with Gasteiger partial charge in [0.05, 0.1) is 11.6 Å². The lowest BCUT2D eigenvalue weighted by molar-refractivity contribution is -0.120. The second-order valence-corrected chi connectivity index (χ2v) is 8.24. The number of carbonyl (C=O) groups is 1. The Bertz CT molecular complexity index is 1050. The zero-order valence-electron chi connectivity index (χ0n) is 17.7. The fraction of sp³-hybridized carbons (Fsp3) is 0.333. The monoisotopic (exact) mass is 406 g/mol. The third-order valence-corrected chi connectivity index (χ3v) is 5.31. The zero-order valence-corrected chi connectivity index (χ0v) is 17.7. The lowest BCUT2D eigenvalue weighted by Gasteiger charge is -2.26. The van der Waals surface area contributed by atoms with Crippen LogP contribution in [0.3, 0.4) is 0 Å². The summed E-state index contributed by atoms with van der Waals surface area (Å²) in [4.78, 5) is 17.4. The van der Waals surface area contributed by atoms with Crippen molar-refractivity contribution in [2.45, 2.75) is 39.0 Å². The Balaban J connectivity index is 1.48. The number of fused-ring (bicyclic) bond motifs is 1. The van der Waals surface area contributed by atoms with E-state index >= 15 is 0 Å². The van der Waals surface area contributed by atoms with Crippen LogP contribution in [-0.4, -0.2) is 24.1 Å². The van der Waals surface area contributed by atoms with E-state index in [0.29, 0.717) is 36.3 Å². The van der Waals surface area contributed by atoms with Crippen molar-refractivity contribution in [1.29, 1.82) is 0 Å². The Morgan fingerprint density at radius 1 is 1.03 bits per heavy atom. The molecule has 0 atom stereocenters. The fourth-order valence-electron chi connectivity index (χ4n) is 3.23. The molecule has 0 fully saturated rings. The maximum Gasteiger partial charge on any atom is 0.234 e. The van der Waals surface area contributed by atoms with Gasteiger partial charge in [0.2, 0.25) is 11.8 Å². The molecular formula is C24H26N2O4. The highest BCUT2D eigenvalue weighted by Crippen LogP contribution is 2.35. The first kappa shape index (κ1) is 20.0. The Kier molecular flexibility index (Phi) is 5.24. The highest BCUT2D eigenvalue weighted by molar-refractivity contribution is 5.98. The van der Waals surface area contributed by atoms with Gasteiger partial charge in [-0.05, 0) is 55.8 Å². The first-order chi connectivity index (χ1) is 14.3. The molecule has 0 saturated heterocycles. The number of nitrogens with zero attached hydrogens (tertiary/aromatic N) is 1. The molecule has 30 heavy (non-hydrogen) atoms. The van der Waals surface area contributed by atoms with Crippen LogP contribution in [0.5, 0.6) is 11.5 Å². The Morgan fingerprint density at radius 2 is 1.73 bits per heavy atom. The number of nitrogens with one attached hydrogen (secondary N) is 1. The van der Waals surface area contributed by atoms with Crippen molar-refractivity contribution in [2.75, 3.05) is 18.5 Å². The van der Waals surface area contributed by atoms with Crippen molar-refractivity contribution in [1.82, 2.24) is 4.98 Å². The average molecular weight is 406 g/mol. The van der Waals surface area contributed by atoms with Crippen molar-refractivity contribution in [3.8, 4) is 23.0 Å². The fourth-order valence-corrected chi connectivity index (χ4v) is 3.23. The van der Waals surface area contributed by atoms with E-state index in [2.05, 4.69) is 24.1 Å². The third-order valence-electron chi connectivity index (χ3n) is 5.31. The maximum atomic E-state index is 13.0. The molecule has 0 radical (unpaired) electrons. The van der Waals surface area contributed by atoms with Crippen LogP contribution >= 0.6 is 0 Å². The largest absolute Gasteiger partial charge is 0.486 e. The van der Waals surface area contributed by atoms with Gasteiger partial charge in [0.1, 0.15) is 19.0 Å². The summed E-state index contributed by atoms with van der Waals surface area (Å²) in [5, 5.41) is 3.00. The quantitative estimate of drug-likeness (QED) is 0.634. The van der Waals surface area contributed by atoms with Gasteiger partial charge in [-0.1, -0.05) is 19.9 Å². The lowest BCUT2D eigenvalue weighted by atomic mass is 9.83. The second-order valence-electron chi connectivity index (χ2n) is 8.24. The smallest absolute Gasteiger partial charge is 0.234 e. The minimum Gasteiger partial charge on any atom is -0.486 e. The highest BCUT2D eigenvalue weighted by atomic mass is 16.6. The molecule has 0 saturated carbocycles. The summed E-state index contributed by atoms with van der Waals surface area (Å²) in [7, 11) is 0. The molecule has 1 amide bonds. The van der Waals surface area contributed by atoms with E-state index in [4.69, 9.17) is 13.9 Å². The highest BCUT2D eigenvalue weighted by Gasteiger charge is 2.31. The average Bonchev–Trinajstić information content (AvgIpc) is 3.24. The molecule has 0 unspecified atom stereocenters. The summed E-state index contributed by atoms with van der Waals surface area (Å²) in [6, 6.07) is 13.1. The molecule has 0 bridgehead atoms. The van der Waals surface area contributed by atoms with E-state index in [9.17, 15) is 4.79 Å². The van der Waals surface area contributed by atoms with Crippen LogP contribution in [0, 0.1) is 0 Å². The predicted molar refractivity (Wildman–Crippen MR) is 115 cm³/mol. The number of oxazole rings is 1. The van der Waals surface area contributed by atoms with E-state index in [1.807, 2.05) is 56.3 Å². The number of rotatable bonds is 5. The number of hydrogen-bond acceptors (Lipinski definition) is 5. The Labute approximate surface area is 176 Å². The van der Waals surface area contributed by atoms with Gasteiger partial charge in [0.25, 0.3) is 0 Å². The topological polar surface area (TPSA) is 73.6 Å². The molecule has 6 heteroatoms. The molecule has 6 nitrogen and oxygen atoms in total. The molecule has 2 heterocycles. The second kappa shape index (κ2) is 7.86. The number of hydrogen-bond donors (Lipinski definition) is 1. The molecule has 3 aromatic rings. The van der Waals surface area contributed by atoms with Crippen molar-refractivity contribution in [3.63, 3.8) is 0 Å². The van der Waals surface area contributed by atoms with Crippen molar-refractivity contribution >= 4 is 11.6 Å². The number of benzene rings is 2. The van der Waals surface area contributed by atoms with E-state index < -0.39 is 5.41 Å². The van der Waals surface area contributed by atoms with Gasteiger partial charge in [-0.2, -0.15) is 0 Å². The molecule has 1 aromatic heterocycles. The summed E-state index contributed by atoms with van der Waals surface area (Å²) in [5.41, 5.74) is 1.70. The molecule has 1 aliphatic rings. The standard InChI is InChI=1S/C24H26N2O4/c1-15(2)21-14-25-22(30-21)16-5-8-18(9-6-16)26-23(27)24(3,4)17-7-10-19-20(13-17)29-12-11-28-19/h5-10,13-15H,11-12H2,1-4H3,(H,26,27). The van der Waals surface area contributed by atoms with Crippen molar-refractivity contribution < 1.29 is 18.7 Å². The minimum absolute atomic E-state index is 0.106. The van der Waals surface area contributed by atoms with Crippen LogP contribution in [0.4, 0.5) is 5.69 Å². The summed E-state index contributed by atoms with van der Waals surface area (Å²) >= 11 is 0. The normalized spacial score (nSPS) is 13.4. The van der Waals surface area contributed by atoms with Crippen LogP contribution in [0.15, 0.2) is 53.1 Å². The third kappa shape index (κ3) is 3.90. The molecule has 1 N–H and O–H groups in total. The number of anilines is 1. The Morgan fingerprint density at radius 3 is 2.40 bits per heavy atom. The minimum atomic E-state index is -0.747. The molecule has 4 rings (SSSR count). The van der Waals surface area contributed by atoms with E-state index in [1.54, 1.807) is 6.20 Å². The molecule has 2 aromatic carbocycles. The number of aromatic nitrogens is 1. The van der Waals surface area contributed by atoms with Crippen LogP contribution in [-0.2, 0) is 10.2 Å². The number of ether oxygens (including phenoxy) is 2. The zero-order chi connectivity index (χ0) is 21.3. The molecule has 156 valence electrons. The maximum absolute atomic E-state index is 13.0. The van der Waals surface area contributed by atoms with Crippen LogP contribution < -0.4 is 14.8 Å². The van der Waals surface area contributed by atoms with Gasteiger partial charge in [-0.25, -0.2) is 4.98 Å². The van der Waals surface area contributed by atoms with Gasteiger partial charge < -0.3 is 19.2 Å². The molecule has 0 aliphatic carbocycles. The van der Waals surface area contributed by atoms with E-state index in [-0.39, 0.29) is 11.8 Å². The van der Waals surface area contributed by atoms with Gasteiger partial charge in [0, 0.05) is 17.2 Å². The van der Waals surface area contributed by atoms with Gasteiger partial charge >= 0.3 is 0 Å². The SMILES string of the molecule is CC(C)c1cnc(-c2ccc(NC(=O)C(C)(C)c3ccc4c(c3)OCCO4)cc2)o1. The van der Waals surface area contributed by atoms with Gasteiger partial charge in [-0.3, -0.25) is 4.79 Å². The van der Waals surface area contributed by atoms with Crippen molar-refractivity contribution in [3.05, 3.63) is 60.0 Å².